The van der Waals surface area contributed by atoms with Crippen LogP contribution in [-0.4, -0.2) is 35.5 Å². The minimum Gasteiger partial charge on any atom is -0.494 e. The van der Waals surface area contributed by atoms with E-state index >= 15 is 0 Å². The fourth-order valence-electron chi connectivity index (χ4n) is 3.24. The average molecular weight is 368 g/mol. The number of rotatable bonds is 5. The molecule has 2 atom stereocenters. The van der Waals surface area contributed by atoms with Gasteiger partial charge in [-0.25, -0.2) is 9.29 Å². The Morgan fingerprint density at radius 2 is 1.74 bits per heavy atom. The second-order valence-electron chi connectivity index (χ2n) is 6.26. The maximum Gasteiger partial charge on any atom is 0.263 e. The van der Waals surface area contributed by atoms with Gasteiger partial charge in [-0.1, -0.05) is 17.4 Å². The van der Waals surface area contributed by atoms with Crippen LogP contribution in [0.2, 0.25) is 0 Å². The van der Waals surface area contributed by atoms with Crippen LogP contribution in [0.15, 0.2) is 58.9 Å². The van der Waals surface area contributed by atoms with Crippen molar-refractivity contribution in [1.82, 2.24) is 5.01 Å². The number of fused-ring (bicyclic) bond motifs is 1. The van der Waals surface area contributed by atoms with Crippen molar-refractivity contribution >= 4 is 17.5 Å². The fourth-order valence-corrected chi connectivity index (χ4v) is 3.24. The number of ether oxygens (including phenoxy) is 1. The maximum atomic E-state index is 13.1. The number of hydrogen-bond acceptors (Lipinski definition) is 6. The van der Waals surface area contributed by atoms with Gasteiger partial charge in [0.2, 0.25) is 0 Å². The van der Waals surface area contributed by atoms with Crippen molar-refractivity contribution in [1.29, 1.82) is 0 Å². The lowest BCUT2D eigenvalue weighted by Crippen LogP contribution is -2.39. The molecule has 138 valence electrons. The Balaban J connectivity index is 1.53. The summed E-state index contributed by atoms with van der Waals surface area (Å²) in [4.78, 5) is 26.5. The standard InChI is InChI=1S/C19H17FN4O3/c1-2-27-15-9-3-12(4-10-15)11-23-17-16(21-22-23)18(25)24(19(17)26)14-7-5-13(20)6-8-14/h3-10,16-17H,2,11H2,1H3. The highest BCUT2D eigenvalue weighted by Gasteiger charge is 2.54. The van der Waals surface area contributed by atoms with Gasteiger partial charge in [0.25, 0.3) is 11.8 Å². The van der Waals surface area contributed by atoms with Crippen LogP contribution in [-0.2, 0) is 16.1 Å². The van der Waals surface area contributed by atoms with Crippen molar-refractivity contribution in [2.45, 2.75) is 25.6 Å². The van der Waals surface area contributed by atoms with E-state index in [1.54, 1.807) is 0 Å². The molecule has 0 aromatic heterocycles. The van der Waals surface area contributed by atoms with Crippen LogP contribution < -0.4 is 9.64 Å². The highest BCUT2D eigenvalue weighted by Crippen LogP contribution is 2.32. The van der Waals surface area contributed by atoms with E-state index < -0.39 is 29.7 Å². The van der Waals surface area contributed by atoms with Crippen LogP contribution in [0.25, 0.3) is 0 Å². The molecule has 0 saturated carbocycles. The lowest BCUT2D eigenvalue weighted by Gasteiger charge is -2.20. The lowest BCUT2D eigenvalue weighted by molar-refractivity contribution is -0.123. The van der Waals surface area contributed by atoms with Gasteiger partial charge in [0.05, 0.1) is 18.8 Å². The molecule has 2 aromatic rings. The molecule has 27 heavy (non-hydrogen) atoms. The summed E-state index contributed by atoms with van der Waals surface area (Å²) >= 11 is 0. The summed E-state index contributed by atoms with van der Waals surface area (Å²) in [5.74, 6) is -0.534. The molecular weight excluding hydrogens is 351 g/mol. The molecule has 2 aromatic carbocycles. The summed E-state index contributed by atoms with van der Waals surface area (Å²) < 4.78 is 18.6. The SMILES string of the molecule is CCOc1ccc(CN2N=NC3C(=O)N(c4ccc(F)cc4)C(=O)C32)cc1. The van der Waals surface area contributed by atoms with Crippen LogP contribution in [0, 0.1) is 5.82 Å². The third-order valence-electron chi connectivity index (χ3n) is 4.52. The number of benzene rings is 2. The summed E-state index contributed by atoms with van der Waals surface area (Å²) in [6, 6.07) is 11.0. The summed E-state index contributed by atoms with van der Waals surface area (Å²) in [5, 5.41) is 9.52. The smallest absolute Gasteiger partial charge is 0.263 e. The van der Waals surface area contributed by atoms with Gasteiger partial charge in [-0.15, -0.1) is 0 Å². The third-order valence-corrected chi connectivity index (χ3v) is 4.52. The van der Waals surface area contributed by atoms with E-state index in [9.17, 15) is 14.0 Å². The summed E-state index contributed by atoms with van der Waals surface area (Å²) in [6.07, 6.45) is 0. The minimum absolute atomic E-state index is 0.331. The molecule has 2 heterocycles. The molecule has 2 amide bonds. The zero-order valence-corrected chi connectivity index (χ0v) is 14.6. The Bertz CT molecular complexity index is 898. The Hall–Kier alpha value is -3.29. The van der Waals surface area contributed by atoms with Gasteiger partial charge in [0.15, 0.2) is 12.1 Å². The Labute approximate surface area is 155 Å². The van der Waals surface area contributed by atoms with Gasteiger partial charge in [-0.05, 0) is 48.9 Å². The van der Waals surface area contributed by atoms with Crippen molar-refractivity contribution in [3.8, 4) is 5.75 Å². The maximum absolute atomic E-state index is 13.1. The predicted molar refractivity (Wildman–Crippen MR) is 94.5 cm³/mol. The summed E-state index contributed by atoms with van der Waals surface area (Å²) in [7, 11) is 0. The first-order chi connectivity index (χ1) is 13.1. The summed E-state index contributed by atoms with van der Waals surface area (Å²) in [5.41, 5.74) is 1.25. The van der Waals surface area contributed by atoms with Crippen molar-refractivity contribution in [2.24, 2.45) is 10.3 Å². The van der Waals surface area contributed by atoms with Gasteiger partial charge in [0.1, 0.15) is 11.6 Å². The Kier molecular flexibility index (Phi) is 4.31. The van der Waals surface area contributed by atoms with Crippen molar-refractivity contribution in [2.75, 3.05) is 11.5 Å². The largest absolute Gasteiger partial charge is 0.494 e. The molecule has 1 saturated heterocycles. The van der Waals surface area contributed by atoms with Crippen LogP contribution in [0.3, 0.4) is 0 Å². The molecule has 2 aliphatic rings. The third kappa shape index (κ3) is 3.03. The molecular formula is C19H17FN4O3. The molecule has 4 rings (SSSR count). The lowest BCUT2D eigenvalue weighted by atomic mass is 10.1. The molecule has 0 bridgehead atoms. The zero-order chi connectivity index (χ0) is 19.0. The van der Waals surface area contributed by atoms with E-state index in [2.05, 4.69) is 10.3 Å². The van der Waals surface area contributed by atoms with E-state index in [0.717, 1.165) is 16.2 Å². The topological polar surface area (TPSA) is 74.6 Å². The molecule has 2 aliphatic heterocycles. The first kappa shape index (κ1) is 17.1. The van der Waals surface area contributed by atoms with E-state index in [1.807, 2.05) is 31.2 Å². The quantitative estimate of drug-likeness (QED) is 0.761. The van der Waals surface area contributed by atoms with Crippen molar-refractivity contribution in [3.63, 3.8) is 0 Å². The molecule has 8 heteroatoms. The number of imide groups is 1. The fraction of sp³-hybridized carbons (Fsp3) is 0.263. The van der Waals surface area contributed by atoms with Crippen molar-refractivity contribution < 1.29 is 18.7 Å². The minimum atomic E-state index is -0.870. The van der Waals surface area contributed by atoms with Gasteiger partial charge in [0, 0.05) is 0 Å². The number of halogens is 1. The van der Waals surface area contributed by atoms with E-state index in [0.29, 0.717) is 18.8 Å². The first-order valence-electron chi connectivity index (χ1n) is 8.61. The van der Waals surface area contributed by atoms with Gasteiger partial charge in [-0.2, -0.15) is 5.11 Å². The number of carbonyl (C=O) groups is 2. The monoisotopic (exact) mass is 368 g/mol. The Morgan fingerprint density at radius 3 is 2.41 bits per heavy atom. The molecule has 0 N–H and O–H groups in total. The van der Waals surface area contributed by atoms with Gasteiger partial charge >= 0.3 is 0 Å². The highest BCUT2D eigenvalue weighted by molar-refractivity contribution is 6.25. The van der Waals surface area contributed by atoms with Gasteiger partial charge < -0.3 is 4.74 Å². The number of hydrogen-bond donors (Lipinski definition) is 0. The molecule has 0 aliphatic carbocycles. The molecule has 7 nitrogen and oxygen atoms in total. The zero-order valence-electron chi connectivity index (χ0n) is 14.6. The number of nitrogens with zero attached hydrogens (tertiary/aromatic N) is 4. The normalized spacial score (nSPS) is 21.1. The number of carbonyl (C=O) groups excluding carboxylic acids is 2. The molecule has 1 fully saturated rings. The van der Waals surface area contributed by atoms with Crippen LogP contribution >= 0.6 is 0 Å². The summed E-state index contributed by atoms with van der Waals surface area (Å²) in [6.45, 7) is 2.83. The Morgan fingerprint density at radius 1 is 1.04 bits per heavy atom. The van der Waals surface area contributed by atoms with Crippen molar-refractivity contribution in [3.05, 3.63) is 59.9 Å². The van der Waals surface area contributed by atoms with E-state index in [4.69, 9.17) is 4.74 Å². The first-order valence-corrected chi connectivity index (χ1v) is 8.61. The second kappa shape index (κ2) is 6.79. The van der Waals surface area contributed by atoms with E-state index in [1.165, 1.54) is 29.3 Å². The average Bonchev–Trinajstić information content (AvgIpc) is 3.18. The predicted octanol–water partition coefficient (Wildman–Crippen LogP) is 2.72. The molecule has 0 spiro atoms. The number of amides is 2. The molecule has 0 radical (unpaired) electrons. The van der Waals surface area contributed by atoms with Crippen LogP contribution in [0.5, 0.6) is 5.75 Å². The van der Waals surface area contributed by atoms with E-state index in [-0.39, 0.29) is 0 Å². The van der Waals surface area contributed by atoms with Crippen LogP contribution in [0.1, 0.15) is 12.5 Å². The van der Waals surface area contributed by atoms with Crippen LogP contribution in [0.4, 0.5) is 10.1 Å². The highest BCUT2D eigenvalue weighted by atomic mass is 19.1. The number of anilines is 1. The van der Waals surface area contributed by atoms with Gasteiger partial charge in [-0.3, -0.25) is 14.6 Å². The second-order valence-corrected chi connectivity index (χ2v) is 6.26. The molecule has 2 unspecified atom stereocenters.